The van der Waals surface area contributed by atoms with E-state index in [1.165, 1.54) is 6.92 Å². The summed E-state index contributed by atoms with van der Waals surface area (Å²) in [5, 5.41) is 2.77. The first-order chi connectivity index (χ1) is 14.7. The molecule has 1 heterocycles. The fourth-order valence-electron chi connectivity index (χ4n) is 3.46. The molecule has 1 N–H and O–H groups in total. The first-order valence-corrected chi connectivity index (χ1v) is 9.80. The van der Waals surface area contributed by atoms with Gasteiger partial charge in [-0.25, -0.2) is 0 Å². The van der Waals surface area contributed by atoms with Crippen molar-refractivity contribution in [3.05, 3.63) is 59.7 Å². The van der Waals surface area contributed by atoms with Gasteiger partial charge in [0.25, 0.3) is 0 Å². The molecule has 3 rings (SSSR count). The zero-order valence-corrected chi connectivity index (χ0v) is 17.2. The summed E-state index contributed by atoms with van der Waals surface area (Å²) in [6.07, 6.45) is -6.58. The van der Waals surface area contributed by atoms with E-state index in [1.807, 2.05) is 0 Å². The Labute approximate surface area is 181 Å². The molecule has 0 radical (unpaired) electrons. The molecule has 4 nitrogen and oxygen atoms in total. The molecule has 1 saturated carbocycles. The van der Waals surface area contributed by atoms with Gasteiger partial charge in [-0.05, 0) is 42.7 Å². The van der Waals surface area contributed by atoms with Crippen LogP contribution in [0.1, 0.15) is 49.0 Å². The van der Waals surface area contributed by atoms with E-state index < -0.39 is 40.7 Å². The molecular formula is C22H22F6N2O2. The van der Waals surface area contributed by atoms with Crippen LogP contribution in [0.3, 0.4) is 0 Å². The molecule has 1 aromatic carbocycles. The molecule has 0 aromatic heterocycles. The number of benzene rings is 1. The number of hydrogen-bond acceptors (Lipinski definition) is 3. The summed E-state index contributed by atoms with van der Waals surface area (Å²) >= 11 is 0. The standard InChI is InChI=1S/C22H22F6N2O2/c1-4-19(6-5-18(31)30-19)11-29-20(10-13(20)2)12-32-14(3)15-7-16(21(23,24)25)9-17(8-15)22(26,27)28/h4,7-9,11,14H,1-2,5-6,10,12H2,3H3,(H,30,31). The van der Waals surface area contributed by atoms with Crippen molar-refractivity contribution in [2.45, 2.75) is 55.7 Å². The fraction of sp³-hybridized carbons (Fsp3) is 0.455. The van der Waals surface area contributed by atoms with Gasteiger partial charge in [0.2, 0.25) is 5.91 Å². The Morgan fingerprint density at radius 1 is 1.19 bits per heavy atom. The van der Waals surface area contributed by atoms with Gasteiger partial charge < -0.3 is 10.1 Å². The van der Waals surface area contributed by atoms with Gasteiger partial charge in [-0.2, -0.15) is 26.3 Å². The number of aliphatic imine (C=N–C) groups is 1. The van der Waals surface area contributed by atoms with E-state index in [0.717, 1.165) is 0 Å². The molecule has 1 saturated heterocycles. The predicted molar refractivity (Wildman–Crippen MR) is 106 cm³/mol. The van der Waals surface area contributed by atoms with Crippen molar-refractivity contribution in [2.24, 2.45) is 4.99 Å². The lowest BCUT2D eigenvalue weighted by molar-refractivity contribution is -0.143. The third-order valence-electron chi connectivity index (χ3n) is 5.73. The topological polar surface area (TPSA) is 50.7 Å². The van der Waals surface area contributed by atoms with E-state index in [-0.39, 0.29) is 24.1 Å². The molecule has 3 atom stereocenters. The van der Waals surface area contributed by atoms with Gasteiger partial charge in [-0.3, -0.25) is 9.79 Å². The Bertz CT molecular complexity index is 936. The van der Waals surface area contributed by atoms with Crippen LogP contribution in [0.4, 0.5) is 26.3 Å². The molecule has 0 spiro atoms. The second-order valence-corrected chi connectivity index (χ2v) is 8.16. The lowest BCUT2D eigenvalue weighted by Crippen LogP contribution is -2.41. The quantitative estimate of drug-likeness (QED) is 0.336. The summed E-state index contributed by atoms with van der Waals surface area (Å²) in [6, 6.07) is 1.38. The van der Waals surface area contributed by atoms with E-state index >= 15 is 0 Å². The van der Waals surface area contributed by atoms with Gasteiger partial charge in [-0.15, -0.1) is 6.58 Å². The summed E-state index contributed by atoms with van der Waals surface area (Å²) in [5.41, 5.74) is -3.97. The largest absolute Gasteiger partial charge is 0.416 e. The zero-order valence-electron chi connectivity index (χ0n) is 17.2. The number of halogens is 6. The molecule has 174 valence electrons. The molecule has 1 aromatic rings. The lowest BCUT2D eigenvalue weighted by atomic mass is 9.99. The molecule has 2 fully saturated rings. The molecule has 3 unspecified atom stereocenters. The van der Waals surface area contributed by atoms with Crippen LogP contribution >= 0.6 is 0 Å². The predicted octanol–water partition coefficient (Wildman–Crippen LogP) is 5.41. The van der Waals surface area contributed by atoms with Gasteiger partial charge in [0.1, 0.15) is 5.54 Å². The maximum Gasteiger partial charge on any atom is 0.416 e. The fourth-order valence-corrected chi connectivity index (χ4v) is 3.46. The summed E-state index contributed by atoms with van der Waals surface area (Å²) < 4.78 is 84.3. The van der Waals surface area contributed by atoms with Crippen molar-refractivity contribution in [3.63, 3.8) is 0 Å². The highest BCUT2D eigenvalue weighted by atomic mass is 19.4. The Kier molecular flexibility index (Phi) is 6.05. The second-order valence-electron chi connectivity index (χ2n) is 8.16. The van der Waals surface area contributed by atoms with Gasteiger partial charge in [0.05, 0.1) is 29.4 Å². The Hall–Kier alpha value is -2.62. The molecule has 2 aliphatic rings. The number of carbonyl (C=O) groups excluding carboxylic acids is 1. The smallest absolute Gasteiger partial charge is 0.371 e. The van der Waals surface area contributed by atoms with E-state index in [1.54, 1.807) is 12.3 Å². The number of alkyl halides is 6. The molecule has 1 aliphatic carbocycles. The van der Waals surface area contributed by atoms with Gasteiger partial charge in [-0.1, -0.05) is 12.7 Å². The van der Waals surface area contributed by atoms with Crippen molar-refractivity contribution >= 4 is 12.1 Å². The monoisotopic (exact) mass is 460 g/mol. The van der Waals surface area contributed by atoms with Crippen LogP contribution in [0.5, 0.6) is 0 Å². The van der Waals surface area contributed by atoms with E-state index in [4.69, 9.17) is 4.74 Å². The van der Waals surface area contributed by atoms with E-state index in [2.05, 4.69) is 23.5 Å². The number of rotatable bonds is 7. The summed E-state index contributed by atoms with van der Waals surface area (Å²) in [5.74, 6) is -0.144. The number of carbonyl (C=O) groups is 1. The first-order valence-electron chi connectivity index (χ1n) is 9.80. The summed E-state index contributed by atoms with van der Waals surface area (Å²) in [6.45, 7) is 8.88. The summed E-state index contributed by atoms with van der Waals surface area (Å²) in [7, 11) is 0. The number of hydrogen-bond donors (Lipinski definition) is 1. The molecule has 1 amide bonds. The van der Waals surface area contributed by atoms with Gasteiger partial charge in [0, 0.05) is 19.1 Å². The van der Waals surface area contributed by atoms with Crippen molar-refractivity contribution in [1.29, 1.82) is 0 Å². The van der Waals surface area contributed by atoms with E-state index in [0.29, 0.717) is 37.0 Å². The second kappa shape index (κ2) is 8.06. The van der Waals surface area contributed by atoms with Crippen LogP contribution in [0, 0.1) is 0 Å². The zero-order chi connectivity index (χ0) is 23.9. The maximum atomic E-state index is 13.1. The molecule has 32 heavy (non-hydrogen) atoms. The lowest BCUT2D eigenvalue weighted by Gasteiger charge is -2.22. The SMILES string of the molecule is C=CC1(C=NC2(COC(C)c3cc(C(F)(F)F)cc(C(F)(F)F)c3)CC2=C)CCC(=O)N1. The molecule has 10 heteroatoms. The average molecular weight is 460 g/mol. The van der Waals surface area contributed by atoms with Crippen molar-refractivity contribution in [2.75, 3.05) is 6.61 Å². The number of nitrogens with one attached hydrogen (secondary N) is 1. The maximum absolute atomic E-state index is 13.1. The van der Waals surface area contributed by atoms with Crippen LogP contribution in [0.2, 0.25) is 0 Å². The Balaban J connectivity index is 1.78. The Morgan fingerprint density at radius 2 is 1.75 bits per heavy atom. The minimum atomic E-state index is -4.93. The van der Waals surface area contributed by atoms with Crippen LogP contribution in [-0.4, -0.2) is 29.8 Å². The highest BCUT2D eigenvalue weighted by Crippen LogP contribution is 2.47. The third kappa shape index (κ3) is 5.06. The first kappa shape index (κ1) is 24.0. The van der Waals surface area contributed by atoms with Crippen LogP contribution < -0.4 is 5.32 Å². The van der Waals surface area contributed by atoms with Crippen molar-refractivity contribution in [3.8, 4) is 0 Å². The van der Waals surface area contributed by atoms with E-state index in [9.17, 15) is 31.1 Å². The minimum Gasteiger partial charge on any atom is -0.371 e. The van der Waals surface area contributed by atoms with Crippen LogP contribution in [-0.2, 0) is 21.9 Å². The van der Waals surface area contributed by atoms with Crippen molar-refractivity contribution in [1.82, 2.24) is 5.32 Å². The van der Waals surface area contributed by atoms with Gasteiger partial charge >= 0.3 is 12.4 Å². The Morgan fingerprint density at radius 3 is 2.16 bits per heavy atom. The average Bonchev–Trinajstić information content (AvgIpc) is 3.19. The molecule has 1 aliphatic heterocycles. The molecule has 0 bridgehead atoms. The highest BCUT2D eigenvalue weighted by Gasteiger charge is 2.49. The molecular weight excluding hydrogens is 438 g/mol. The normalized spacial score (nSPS) is 27.0. The van der Waals surface area contributed by atoms with Crippen LogP contribution in [0.15, 0.2) is 48.0 Å². The highest BCUT2D eigenvalue weighted by molar-refractivity contribution is 5.89. The van der Waals surface area contributed by atoms with Crippen LogP contribution in [0.25, 0.3) is 0 Å². The number of ether oxygens (including phenoxy) is 1. The summed E-state index contributed by atoms with van der Waals surface area (Å²) in [4.78, 5) is 16.1. The van der Waals surface area contributed by atoms with Crippen molar-refractivity contribution < 1.29 is 35.9 Å². The third-order valence-corrected chi connectivity index (χ3v) is 5.73. The number of nitrogens with zero attached hydrogens (tertiary/aromatic N) is 1. The number of amides is 1. The van der Waals surface area contributed by atoms with Gasteiger partial charge in [0.15, 0.2) is 0 Å². The minimum absolute atomic E-state index is 0.0787.